The Kier molecular flexibility index (Phi) is 4.31. The molecule has 0 aliphatic carbocycles. The highest BCUT2D eigenvalue weighted by molar-refractivity contribution is 7.80. The van der Waals surface area contributed by atoms with Gasteiger partial charge in [0.2, 0.25) is 0 Å². The van der Waals surface area contributed by atoms with E-state index in [0.717, 1.165) is 0 Å². The molecule has 10 heteroatoms. The van der Waals surface area contributed by atoms with E-state index in [1.165, 1.54) is 23.1 Å². The lowest BCUT2D eigenvalue weighted by Crippen LogP contribution is -2.49. The number of piperidine rings is 1. The second-order valence-corrected chi connectivity index (χ2v) is 6.20. The standard InChI is InChI=1S/C15H14F3N3O3S/c16-15(17,18)24-10-3-1-2-9(8-10)11-19-12(25)14(20-11)4-6-21(7-5-14)13(22)23/h1-3,8H,4-7H2,(H,22,23)(H,19,20,25). The molecule has 1 saturated heterocycles. The molecular weight excluding hydrogens is 359 g/mol. The van der Waals surface area contributed by atoms with E-state index in [4.69, 9.17) is 17.3 Å². The lowest BCUT2D eigenvalue weighted by atomic mass is 9.89. The molecule has 134 valence electrons. The molecule has 2 aliphatic heterocycles. The number of thiocarbonyl (C=S) groups is 1. The number of benzene rings is 1. The second kappa shape index (κ2) is 6.17. The topological polar surface area (TPSA) is 74.2 Å². The van der Waals surface area contributed by atoms with Crippen molar-refractivity contribution in [2.24, 2.45) is 4.99 Å². The molecule has 0 bridgehead atoms. The Labute approximate surface area is 146 Å². The van der Waals surface area contributed by atoms with E-state index in [-0.39, 0.29) is 5.75 Å². The molecule has 0 saturated carbocycles. The molecule has 1 aromatic carbocycles. The summed E-state index contributed by atoms with van der Waals surface area (Å²) < 4.78 is 41.0. The highest BCUT2D eigenvalue weighted by Crippen LogP contribution is 2.32. The van der Waals surface area contributed by atoms with Crippen LogP contribution in [0.3, 0.4) is 0 Å². The van der Waals surface area contributed by atoms with Gasteiger partial charge in [-0.05, 0) is 25.0 Å². The molecule has 2 aliphatic rings. The molecule has 0 atom stereocenters. The number of amidine groups is 1. The molecule has 1 amide bonds. The predicted octanol–water partition coefficient (Wildman–Crippen LogP) is 2.78. The Morgan fingerprint density at radius 3 is 2.64 bits per heavy atom. The van der Waals surface area contributed by atoms with E-state index in [1.807, 2.05) is 0 Å². The number of carbonyl (C=O) groups is 1. The number of rotatable bonds is 2. The van der Waals surface area contributed by atoms with Crippen molar-refractivity contribution in [1.82, 2.24) is 10.2 Å². The number of amides is 1. The first-order valence-electron chi connectivity index (χ1n) is 7.44. The summed E-state index contributed by atoms with van der Waals surface area (Å²) in [4.78, 5) is 17.3. The number of ether oxygens (including phenoxy) is 1. The van der Waals surface area contributed by atoms with E-state index in [0.29, 0.717) is 42.3 Å². The summed E-state index contributed by atoms with van der Waals surface area (Å²) in [6.45, 7) is 0.594. The summed E-state index contributed by atoms with van der Waals surface area (Å²) in [6.07, 6.45) is -4.92. The van der Waals surface area contributed by atoms with Crippen LogP contribution in [0.5, 0.6) is 5.75 Å². The van der Waals surface area contributed by atoms with Crippen molar-refractivity contribution in [1.29, 1.82) is 0 Å². The van der Waals surface area contributed by atoms with Gasteiger partial charge in [0, 0.05) is 18.7 Å². The maximum atomic E-state index is 12.4. The van der Waals surface area contributed by atoms with Crippen LogP contribution in [0.2, 0.25) is 0 Å². The number of nitrogens with zero attached hydrogens (tertiary/aromatic N) is 2. The average molecular weight is 373 g/mol. The second-order valence-electron chi connectivity index (χ2n) is 5.79. The molecule has 0 unspecified atom stereocenters. The van der Waals surface area contributed by atoms with Gasteiger partial charge >= 0.3 is 12.5 Å². The fourth-order valence-electron chi connectivity index (χ4n) is 2.90. The van der Waals surface area contributed by atoms with Crippen molar-refractivity contribution < 1.29 is 27.8 Å². The van der Waals surface area contributed by atoms with Crippen molar-refractivity contribution in [2.45, 2.75) is 24.7 Å². The normalized spacial score (nSPS) is 19.6. The average Bonchev–Trinajstić information content (AvgIpc) is 2.83. The number of hydrogen-bond donors (Lipinski definition) is 2. The Morgan fingerprint density at radius 2 is 2.04 bits per heavy atom. The summed E-state index contributed by atoms with van der Waals surface area (Å²) in [7, 11) is 0. The molecule has 0 radical (unpaired) electrons. The van der Waals surface area contributed by atoms with Crippen LogP contribution < -0.4 is 10.1 Å². The van der Waals surface area contributed by atoms with Crippen molar-refractivity contribution in [3.63, 3.8) is 0 Å². The smallest absolute Gasteiger partial charge is 0.465 e. The molecule has 2 N–H and O–H groups in total. The first-order valence-corrected chi connectivity index (χ1v) is 7.85. The molecule has 3 rings (SSSR count). The van der Waals surface area contributed by atoms with Gasteiger partial charge in [0.05, 0.1) is 0 Å². The Morgan fingerprint density at radius 1 is 1.36 bits per heavy atom. The maximum absolute atomic E-state index is 12.4. The number of likely N-dealkylation sites (tertiary alicyclic amines) is 1. The van der Waals surface area contributed by atoms with Crippen LogP contribution in [-0.4, -0.2) is 51.9 Å². The highest BCUT2D eigenvalue weighted by atomic mass is 32.1. The molecule has 1 fully saturated rings. The van der Waals surface area contributed by atoms with Crippen molar-refractivity contribution in [2.75, 3.05) is 13.1 Å². The third kappa shape index (κ3) is 3.68. The van der Waals surface area contributed by atoms with Crippen molar-refractivity contribution >= 4 is 29.1 Å². The van der Waals surface area contributed by atoms with Crippen LogP contribution in [0.25, 0.3) is 0 Å². The van der Waals surface area contributed by atoms with E-state index in [9.17, 15) is 18.0 Å². The van der Waals surface area contributed by atoms with Crippen LogP contribution in [-0.2, 0) is 0 Å². The molecule has 6 nitrogen and oxygen atoms in total. The first kappa shape index (κ1) is 17.5. The minimum Gasteiger partial charge on any atom is -0.465 e. The fourth-order valence-corrected chi connectivity index (χ4v) is 3.25. The molecule has 1 aromatic rings. The summed E-state index contributed by atoms with van der Waals surface area (Å²) in [5.74, 6) is 0.0171. The Bertz CT molecular complexity index is 743. The predicted molar refractivity (Wildman–Crippen MR) is 87.0 cm³/mol. The molecule has 0 aromatic heterocycles. The zero-order chi connectivity index (χ0) is 18.2. The van der Waals surface area contributed by atoms with Gasteiger partial charge in [-0.25, -0.2) is 4.79 Å². The monoisotopic (exact) mass is 373 g/mol. The van der Waals surface area contributed by atoms with Crippen LogP contribution in [0.1, 0.15) is 18.4 Å². The minimum absolute atomic E-state index is 0.297. The van der Waals surface area contributed by atoms with Gasteiger partial charge in [-0.3, -0.25) is 4.99 Å². The van der Waals surface area contributed by atoms with E-state index in [1.54, 1.807) is 6.07 Å². The summed E-state index contributed by atoms with van der Waals surface area (Å²) in [5, 5.41) is 12.0. The van der Waals surface area contributed by atoms with Crippen LogP contribution in [0.15, 0.2) is 29.3 Å². The summed E-state index contributed by atoms with van der Waals surface area (Å²) >= 11 is 5.35. The molecule has 2 heterocycles. The van der Waals surface area contributed by atoms with E-state index >= 15 is 0 Å². The zero-order valence-corrected chi connectivity index (χ0v) is 13.7. The summed E-state index contributed by atoms with van der Waals surface area (Å²) in [5.41, 5.74) is -0.293. The van der Waals surface area contributed by atoms with E-state index in [2.05, 4.69) is 15.0 Å². The minimum atomic E-state index is -4.77. The number of halogens is 3. The van der Waals surface area contributed by atoms with Crippen LogP contribution in [0, 0.1) is 0 Å². The van der Waals surface area contributed by atoms with Crippen LogP contribution in [0.4, 0.5) is 18.0 Å². The summed E-state index contributed by atoms with van der Waals surface area (Å²) in [6, 6.07) is 5.46. The Balaban J connectivity index is 1.81. The number of nitrogens with one attached hydrogen (secondary N) is 1. The van der Waals surface area contributed by atoms with Crippen LogP contribution >= 0.6 is 12.2 Å². The fraction of sp³-hybridized carbons (Fsp3) is 0.400. The number of carboxylic acid groups (broad SMARTS) is 1. The van der Waals surface area contributed by atoms with Gasteiger partial charge in [0.1, 0.15) is 22.1 Å². The molecule has 1 spiro atoms. The van der Waals surface area contributed by atoms with Gasteiger partial charge in [-0.1, -0.05) is 24.4 Å². The van der Waals surface area contributed by atoms with Gasteiger partial charge in [-0.2, -0.15) is 0 Å². The lowest BCUT2D eigenvalue weighted by molar-refractivity contribution is -0.274. The number of aliphatic imine (C=N–C) groups is 1. The largest absolute Gasteiger partial charge is 0.573 e. The number of alkyl halides is 3. The van der Waals surface area contributed by atoms with Crippen molar-refractivity contribution in [3.8, 4) is 5.75 Å². The third-order valence-corrected chi connectivity index (χ3v) is 4.66. The van der Waals surface area contributed by atoms with E-state index < -0.39 is 18.0 Å². The maximum Gasteiger partial charge on any atom is 0.573 e. The SMILES string of the molecule is O=C(O)N1CCC2(CC1)N=C(c1cccc(OC(F)(F)F)c1)NC2=S. The van der Waals surface area contributed by atoms with Gasteiger partial charge < -0.3 is 20.1 Å². The molecular formula is C15H14F3N3O3S. The van der Waals surface area contributed by atoms with Crippen molar-refractivity contribution in [3.05, 3.63) is 29.8 Å². The third-order valence-electron chi connectivity index (χ3n) is 4.18. The quantitative estimate of drug-likeness (QED) is 0.780. The molecule has 25 heavy (non-hydrogen) atoms. The van der Waals surface area contributed by atoms with Gasteiger partial charge in [-0.15, -0.1) is 13.2 Å². The van der Waals surface area contributed by atoms with Gasteiger partial charge in [0.15, 0.2) is 0 Å². The zero-order valence-electron chi connectivity index (χ0n) is 12.8. The first-order chi connectivity index (χ1) is 11.7. The lowest BCUT2D eigenvalue weighted by Gasteiger charge is -2.35. The van der Waals surface area contributed by atoms with Gasteiger partial charge in [0.25, 0.3) is 0 Å². The number of hydrogen-bond acceptors (Lipinski definition) is 4. The Hall–Kier alpha value is -2.36. The highest BCUT2D eigenvalue weighted by Gasteiger charge is 2.44.